The molecule has 7 N–H and O–H groups in total. The molecule has 0 saturated carbocycles. The molecule has 2 heterocycles. The number of rotatable bonds is 13. The van der Waals surface area contributed by atoms with E-state index < -0.39 is 11.5 Å². The van der Waals surface area contributed by atoms with Gasteiger partial charge in [-0.15, -0.1) is 12.3 Å². The van der Waals surface area contributed by atoms with Crippen molar-refractivity contribution in [2.45, 2.75) is 38.6 Å². The van der Waals surface area contributed by atoms with E-state index in [9.17, 15) is 19.2 Å². The van der Waals surface area contributed by atoms with Crippen LogP contribution in [-0.2, 0) is 16.1 Å². The van der Waals surface area contributed by atoms with Crippen LogP contribution in [0.15, 0.2) is 35.3 Å². The van der Waals surface area contributed by atoms with Crippen LogP contribution in [0.2, 0.25) is 0 Å². The zero-order valence-electron chi connectivity index (χ0n) is 20.7. The fourth-order valence-corrected chi connectivity index (χ4v) is 3.04. The first-order valence-corrected chi connectivity index (χ1v) is 11.8. The Labute approximate surface area is 218 Å². The minimum Gasteiger partial charge on any atom is -0.481 e. The number of aromatic nitrogens is 4. The van der Waals surface area contributed by atoms with Gasteiger partial charge < -0.3 is 26.8 Å². The molecule has 3 aromatic rings. The summed E-state index contributed by atoms with van der Waals surface area (Å²) in [6.45, 7) is 1.35. The molecule has 0 unspecified atom stereocenters. The number of fused-ring (bicyclic) bond motifs is 1. The maximum Gasteiger partial charge on any atom is 0.303 e. The normalized spacial score (nSPS) is 9.97. The smallest absolute Gasteiger partial charge is 0.303 e. The molecule has 38 heavy (non-hydrogen) atoms. The van der Waals surface area contributed by atoms with Gasteiger partial charge in [0.15, 0.2) is 11.2 Å². The number of H-pyrrole nitrogens is 1. The Morgan fingerprint density at radius 1 is 1.13 bits per heavy atom. The molecule has 13 nitrogen and oxygen atoms in total. The second-order valence-electron chi connectivity index (χ2n) is 7.90. The number of unbranched alkanes of at least 4 members (excludes halogenated alkanes) is 2. The van der Waals surface area contributed by atoms with E-state index in [-0.39, 0.29) is 29.4 Å². The molecule has 0 spiro atoms. The van der Waals surface area contributed by atoms with Gasteiger partial charge in [0.05, 0.1) is 18.4 Å². The molecule has 0 fully saturated rings. The van der Waals surface area contributed by atoms with E-state index in [1.807, 2.05) is 0 Å². The number of aliphatic carboxylic acids is 1. The maximum absolute atomic E-state index is 12.0. The minimum absolute atomic E-state index is 0.0100. The van der Waals surface area contributed by atoms with E-state index in [1.165, 1.54) is 6.20 Å². The van der Waals surface area contributed by atoms with Crippen LogP contribution in [0.3, 0.4) is 0 Å². The van der Waals surface area contributed by atoms with Crippen LogP contribution in [-0.4, -0.2) is 56.4 Å². The first-order valence-electron chi connectivity index (χ1n) is 11.8. The molecule has 0 saturated heterocycles. The Morgan fingerprint density at radius 2 is 1.89 bits per heavy atom. The number of terminal acetylenes is 1. The van der Waals surface area contributed by atoms with Gasteiger partial charge in [-0.3, -0.25) is 24.2 Å². The first-order chi connectivity index (χ1) is 18.3. The molecule has 2 aromatic heterocycles. The Morgan fingerprint density at radius 3 is 2.58 bits per heavy atom. The third-order valence-corrected chi connectivity index (χ3v) is 4.94. The summed E-state index contributed by atoms with van der Waals surface area (Å²) in [5.74, 6) is 1.35. The molecule has 2 amide bonds. The van der Waals surface area contributed by atoms with Crippen molar-refractivity contribution in [3.63, 3.8) is 0 Å². The molecule has 0 aliphatic rings. The van der Waals surface area contributed by atoms with Gasteiger partial charge in [0.1, 0.15) is 0 Å². The molecule has 0 aliphatic carbocycles. The van der Waals surface area contributed by atoms with Gasteiger partial charge >= 0.3 is 5.97 Å². The van der Waals surface area contributed by atoms with E-state index in [2.05, 4.69) is 41.8 Å². The summed E-state index contributed by atoms with van der Waals surface area (Å²) in [6, 6.07) is 6.77. The number of hydrogen-bond donors (Lipinski definition) is 6. The second-order valence-corrected chi connectivity index (χ2v) is 7.90. The van der Waals surface area contributed by atoms with Gasteiger partial charge in [-0.2, -0.15) is 4.98 Å². The average molecular weight is 523 g/mol. The van der Waals surface area contributed by atoms with E-state index in [4.69, 9.17) is 17.3 Å². The van der Waals surface area contributed by atoms with Crippen molar-refractivity contribution in [2.24, 2.45) is 0 Å². The molecule has 1 aromatic carbocycles. The summed E-state index contributed by atoms with van der Waals surface area (Å²) >= 11 is 0. The number of carbonyl (C=O) groups is 3. The summed E-state index contributed by atoms with van der Waals surface area (Å²) in [5.41, 5.74) is 7.05. The van der Waals surface area contributed by atoms with Crippen LogP contribution >= 0.6 is 0 Å². The van der Waals surface area contributed by atoms with Crippen molar-refractivity contribution in [1.82, 2.24) is 30.6 Å². The second kappa shape index (κ2) is 15.9. The number of nitrogens with one attached hydrogen (secondary N) is 4. The van der Waals surface area contributed by atoms with Gasteiger partial charge in [-0.25, -0.2) is 9.97 Å². The molecular weight excluding hydrogens is 492 g/mol. The fourth-order valence-electron chi connectivity index (χ4n) is 3.04. The third-order valence-electron chi connectivity index (χ3n) is 4.94. The van der Waals surface area contributed by atoms with Crippen molar-refractivity contribution < 1.29 is 19.5 Å². The lowest BCUT2D eigenvalue weighted by atomic mass is 10.2. The summed E-state index contributed by atoms with van der Waals surface area (Å²) in [6.07, 6.45) is 10.4. The predicted molar refractivity (Wildman–Crippen MR) is 142 cm³/mol. The molecule has 0 bridgehead atoms. The number of amides is 2. The van der Waals surface area contributed by atoms with E-state index >= 15 is 0 Å². The van der Waals surface area contributed by atoms with Crippen LogP contribution in [0.5, 0.6) is 0 Å². The molecule has 3 rings (SSSR count). The Kier molecular flexibility index (Phi) is 12.2. The van der Waals surface area contributed by atoms with Crippen molar-refractivity contribution in [3.8, 4) is 12.3 Å². The quantitative estimate of drug-likeness (QED) is 0.107. The molecule has 0 atom stereocenters. The van der Waals surface area contributed by atoms with Gasteiger partial charge in [0.2, 0.25) is 12.4 Å². The van der Waals surface area contributed by atoms with Crippen LogP contribution in [0.25, 0.3) is 11.2 Å². The third kappa shape index (κ3) is 10.3. The van der Waals surface area contributed by atoms with Crippen molar-refractivity contribution in [3.05, 3.63) is 52.1 Å². The van der Waals surface area contributed by atoms with Crippen LogP contribution in [0, 0.1) is 12.3 Å². The summed E-state index contributed by atoms with van der Waals surface area (Å²) in [7, 11) is 0. The lowest BCUT2D eigenvalue weighted by Gasteiger charge is -2.08. The molecule has 0 aliphatic heterocycles. The summed E-state index contributed by atoms with van der Waals surface area (Å²) in [5, 5.41) is 16.9. The largest absolute Gasteiger partial charge is 0.481 e. The number of nitrogen functional groups attached to an aromatic ring is 1. The highest BCUT2D eigenvalue weighted by Gasteiger charge is 2.08. The molecular formula is C25H30N8O5. The van der Waals surface area contributed by atoms with Crippen LogP contribution in [0.1, 0.15) is 48.2 Å². The number of carboxylic acid groups (broad SMARTS) is 1. The van der Waals surface area contributed by atoms with Crippen LogP contribution < -0.4 is 27.2 Å². The SMILES string of the molecule is C#CCCCCNC=O.Nc1nc2ncc(CNc3ccc(C(=O)NCCCC(=O)O)cc3)nc2c(=O)[nH]1. The monoisotopic (exact) mass is 522 g/mol. The number of nitrogens with zero attached hydrogens (tertiary/aromatic N) is 3. The summed E-state index contributed by atoms with van der Waals surface area (Å²) < 4.78 is 0. The number of benzene rings is 1. The first kappa shape index (κ1) is 29.2. The molecule has 200 valence electrons. The number of aromatic amines is 1. The molecule has 13 heteroatoms. The topological polar surface area (TPSA) is 205 Å². The van der Waals surface area contributed by atoms with E-state index in [0.29, 0.717) is 37.2 Å². The van der Waals surface area contributed by atoms with Gasteiger partial charge in [-0.1, -0.05) is 0 Å². The highest BCUT2D eigenvalue weighted by atomic mass is 16.4. The number of carboxylic acids is 1. The van der Waals surface area contributed by atoms with Crippen molar-refractivity contribution >= 4 is 41.1 Å². The zero-order chi connectivity index (χ0) is 27.8. The van der Waals surface area contributed by atoms with Crippen molar-refractivity contribution in [2.75, 3.05) is 24.1 Å². The zero-order valence-corrected chi connectivity index (χ0v) is 20.7. The predicted octanol–water partition coefficient (Wildman–Crippen LogP) is 1.04. The number of nitrogens with two attached hydrogens (primary N) is 1. The number of carbonyl (C=O) groups excluding carboxylic acids is 2. The minimum atomic E-state index is -0.893. The van der Waals surface area contributed by atoms with Crippen molar-refractivity contribution in [1.29, 1.82) is 0 Å². The lowest BCUT2D eigenvalue weighted by molar-refractivity contribution is -0.137. The van der Waals surface area contributed by atoms with Gasteiger partial charge in [-0.05, 0) is 43.5 Å². The van der Waals surface area contributed by atoms with Crippen LogP contribution in [0.4, 0.5) is 11.6 Å². The standard InChI is InChI=1S/C18H19N7O4.C7H11NO/c19-18-24-15-14(17(29)25-18)23-12(9-22-15)8-21-11-5-3-10(4-6-11)16(28)20-7-1-2-13(26)27;1-2-3-4-5-6-8-7-9/h3-6,9,21H,1-2,7-8H2,(H,20,28)(H,26,27)(H3,19,22,24,25,29);1,7H,3-6H2,(H,8,9). The summed E-state index contributed by atoms with van der Waals surface area (Å²) in [4.78, 5) is 58.7. The lowest BCUT2D eigenvalue weighted by Crippen LogP contribution is -2.24. The number of hydrogen-bond acceptors (Lipinski definition) is 9. The van der Waals surface area contributed by atoms with E-state index in [1.54, 1.807) is 24.3 Å². The fraction of sp³-hybridized carbons (Fsp3) is 0.320. The van der Waals surface area contributed by atoms with Gasteiger partial charge in [0, 0.05) is 37.2 Å². The highest BCUT2D eigenvalue weighted by Crippen LogP contribution is 2.11. The maximum atomic E-state index is 12.0. The molecule has 0 radical (unpaired) electrons. The Hall–Kier alpha value is -4.99. The average Bonchev–Trinajstić information content (AvgIpc) is 2.90. The van der Waals surface area contributed by atoms with E-state index in [0.717, 1.165) is 31.5 Å². The highest BCUT2D eigenvalue weighted by molar-refractivity contribution is 5.94. The van der Waals surface area contributed by atoms with Gasteiger partial charge in [0.25, 0.3) is 11.5 Å². The Balaban J connectivity index is 0.000000484. The number of anilines is 2. The Bertz CT molecular complexity index is 1320.